The van der Waals surface area contributed by atoms with Gasteiger partial charge in [-0.2, -0.15) is 5.10 Å². The summed E-state index contributed by atoms with van der Waals surface area (Å²) in [5, 5.41) is 7.54. The molecule has 0 atom stereocenters. The summed E-state index contributed by atoms with van der Waals surface area (Å²) in [6.45, 7) is 4.27. The van der Waals surface area contributed by atoms with Crippen molar-refractivity contribution in [3.63, 3.8) is 0 Å². The van der Waals surface area contributed by atoms with Crippen molar-refractivity contribution in [3.8, 4) is 11.3 Å². The molecule has 7 nitrogen and oxygen atoms in total. The van der Waals surface area contributed by atoms with Gasteiger partial charge in [0.25, 0.3) is 0 Å². The Morgan fingerprint density at radius 2 is 2.07 bits per heavy atom. The van der Waals surface area contributed by atoms with E-state index in [-0.39, 0.29) is 0 Å². The van der Waals surface area contributed by atoms with Gasteiger partial charge in [-0.15, -0.1) is 0 Å². The molecule has 0 aliphatic carbocycles. The highest BCUT2D eigenvalue weighted by Gasteiger charge is 2.10. The van der Waals surface area contributed by atoms with Gasteiger partial charge in [0.15, 0.2) is 5.96 Å². The molecular formula is C20H27N7. The molecule has 0 spiro atoms. The van der Waals surface area contributed by atoms with Gasteiger partial charge < -0.3 is 15.2 Å². The van der Waals surface area contributed by atoms with E-state index in [1.165, 1.54) is 5.56 Å². The van der Waals surface area contributed by atoms with Gasteiger partial charge in [-0.1, -0.05) is 30.3 Å². The quantitative estimate of drug-likeness (QED) is 0.498. The van der Waals surface area contributed by atoms with Crippen LogP contribution in [0.25, 0.3) is 11.3 Å². The van der Waals surface area contributed by atoms with Crippen LogP contribution in [-0.4, -0.2) is 50.7 Å². The van der Waals surface area contributed by atoms with Crippen LogP contribution in [0.15, 0.2) is 53.9 Å². The first kappa shape index (κ1) is 18.7. The molecular weight excluding hydrogens is 338 g/mol. The van der Waals surface area contributed by atoms with Crippen LogP contribution in [0.1, 0.15) is 18.3 Å². The number of nitrogens with zero attached hydrogens (tertiary/aromatic N) is 5. The minimum absolute atomic E-state index is 0.658. The first-order chi connectivity index (χ1) is 13.2. The maximum absolute atomic E-state index is 4.73. The molecule has 0 aliphatic rings. The van der Waals surface area contributed by atoms with E-state index in [0.29, 0.717) is 13.1 Å². The van der Waals surface area contributed by atoms with Crippen LogP contribution in [0.5, 0.6) is 0 Å². The average molecular weight is 365 g/mol. The van der Waals surface area contributed by atoms with Crippen LogP contribution in [0, 0.1) is 0 Å². The highest BCUT2D eigenvalue weighted by molar-refractivity contribution is 5.79. The lowest BCUT2D eigenvalue weighted by molar-refractivity contribution is 0.464. The number of guanidine groups is 1. The fourth-order valence-electron chi connectivity index (χ4n) is 2.87. The highest BCUT2D eigenvalue weighted by Crippen LogP contribution is 2.16. The SMILES string of the molecule is CCNC(=NCCc1cnn(C)c1)N(C)Cc1ncc(-c2ccccc2)[nH]1. The summed E-state index contributed by atoms with van der Waals surface area (Å²) in [6.07, 6.45) is 6.67. The Morgan fingerprint density at radius 1 is 1.26 bits per heavy atom. The van der Waals surface area contributed by atoms with E-state index in [1.54, 1.807) is 0 Å². The van der Waals surface area contributed by atoms with E-state index < -0.39 is 0 Å². The minimum atomic E-state index is 0.658. The molecule has 27 heavy (non-hydrogen) atoms. The van der Waals surface area contributed by atoms with Crippen LogP contribution in [-0.2, 0) is 20.0 Å². The summed E-state index contributed by atoms with van der Waals surface area (Å²) in [7, 11) is 3.95. The number of benzene rings is 1. The fourth-order valence-corrected chi connectivity index (χ4v) is 2.87. The predicted molar refractivity (Wildman–Crippen MR) is 108 cm³/mol. The second-order valence-corrected chi connectivity index (χ2v) is 6.47. The van der Waals surface area contributed by atoms with Gasteiger partial charge in [-0.3, -0.25) is 9.67 Å². The van der Waals surface area contributed by atoms with Crippen LogP contribution in [0.3, 0.4) is 0 Å². The Morgan fingerprint density at radius 3 is 2.78 bits per heavy atom. The van der Waals surface area contributed by atoms with E-state index in [4.69, 9.17) is 4.99 Å². The number of hydrogen-bond donors (Lipinski definition) is 2. The molecule has 3 aromatic rings. The van der Waals surface area contributed by atoms with Crippen molar-refractivity contribution in [1.29, 1.82) is 0 Å². The molecule has 2 N–H and O–H groups in total. The van der Waals surface area contributed by atoms with Crippen LogP contribution >= 0.6 is 0 Å². The summed E-state index contributed by atoms with van der Waals surface area (Å²) in [5.74, 6) is 1.79. The van der Waals surface area contributed by atoms with Crippen molar-refractivity contribution in [2.24, 2.45) is 12.0 Å². The van der Waals surface area contributed by atoms with Gasteiger partial charge in [-0.25, -0.2) is 4.98 Å². The largest absolute Gasteiger partial charge is 0.357 e. The second-order valence-electron chi connectivity index (χ2n) is 6.47. The summed E-state index contributed by atoms with van der Waals surface area (Å²) in [4.78, 5) is 14.7. The third-order valence-corrected chi connectivity index (χ3v) is 4.22. The van der Waals surface area contributed by atoms with Gasteiger partial charge >= 0.3 is 0 Å². The highest BCUT2D eigenvalue weighted by atomic mass is 15.3. The minimum Gasteiger partial charge on any atom is -0.357 e. The average Bonchev–Trinajstić information content (AvgIpc) is 3.31. The van der Waals surface area contributed by atoms with E-state index in [0.717, 1.165) is 36.0 Å². The lowest BCUT2D eigenvalue weighted by Crippen LogP contribution is -2.38. The molecule has 3 rings (SSSR count). The first-order valence-electron chi connectivity index (χ1n) is 9.22. The molecule has 0 bridgehead atoms. The number of nitrogens with one attached hydrogen (secondary N) is 2. The maximum Gasteiger partial charge on any atom is 0.194 e. The zero-order chi connectivity index (χ0) is 19.1. The van der Waals surface area contributed by atoms with Crippen LogP contribution < -0.4 is 5.32 Å². The summed E-state index contributed by atoms with van der Waals surface area (Å²) >= 11 is 0. The molecule has 0 aliphatic heterocycles. The van der Waals surface area contributed by atoms with Crippen LogP contribution in [0.4, 0.5) is 0 Å². The topological polar surface area (TPSA) is 74.1 Å². The molecule has 0 radical (unpaired) electrons. The molecule has 0 fully saturated rings. The van der Waals surface area contributed by atoms with E-state index in [2.05, 4.69) is 44.3 Å². The number of aromatic nitrogens is 4. The smallest absolute Gasteiger partial charge is 0.194 e. The zero-order valence-corrected chi connectivity index (χ0v) is 16.2. The second kappa shape index (κ2) is 9.02. The van der Waals surface area contributed by atoms with Crippen molar-refractivity contribution in [3.05, 3.63) is 60.3 Å². The van der Waals surface area contributed by atoms with Gasteiger partial charge in [0, 0.05) is 33.4 Å². The number of hydrogen-bond acceptors (Lipinski definition) is 3. The molecule has 0 saturated heterocycles. The number of imidazole rings is 1. The Kier molecular flexibility index (Phi) is 6.25. The molecule has 2 heterocycles. The van der Waals surface area contributed by atoms with Crippen molar-refractivity contribution in [2.75, 3.05) is 20.1 Å². The van der Waals surface area contributed by atoms with Crippen LogP contribution in [0.2, 0.25) is 0 Å². The van der Waals surface area contributed by atoms with Gasteiger partial charge in [0.1, 0.15) is 5.82 Å². The normalized spacial score (nSPS) is 11.6. The lowest BCUT2D eigenvalue weighted by atomic mass is 10.2. The molecule has 0 saturated carbocycles. The zero-order valence-electron chi connectivity index (χ0n) is 16.2. The monoisotopic (exact) mass is 365 g/mol. The number of rotatable bonds is 7. The van der Waals surface area contributed by atoms with Gasteiger partial charge in [0.05, 0.1) is 24.6 Å². The molecule has 0 unspecified atom stereocenters. The van der Waals surface area contributed by atoms with Gasteiger partial charge in [0.2, 0.25) is 0 Å². The number of aliphatic imine (C=N–C) groups is 1. The van der Waals surface area contributed by atoms with E-state index in [9.17, 15) is 0 Å². The molecule has 7 heteroatoms. The third kappa shape index (κ3) is 5.20. The van der Waals surface area contributed by atoms with E-state index >= 15 is 0 Å². The number of aryl methyl sites for hydroxylation is 1. The standard InChI is InChI=1S/C20H27N7/c1-4-21-20(22-11-10-16-12-24-27(3)14-16)26(2)15-19-23-13-18(25-19)17-8-6-5-7-9-17/h5-9,12-14H,4,10-11,15H2,1-3H3,(H,21,22)(H,23,25). The maximum atomic E-state index is 4.73. The summed E-state index contributed by atoms with van der Waals surface area (Å²) in [6, 6.07) is 10.2. The van der Waals surface area contributed by atoms with Crippen molar-refractivity contribution < 1.29 is 0 Å². The first-order valence-corrected chi connectivity index (χ1v) is 9.22. The number of H-pyrrole nitrogens is 1. The lowest BCUT2D eigenvalue weighted by Gasteiger charge is -2.21. The Hall–Kier alpha value is -3.09. The number of aromatic amines is 1. The Balaban J connectivity index is 1.61. The van der Waals surface area contributed by atoms with Gasteiger partial charge in [-0.05, 0) is 24.5 Å². The molecule has 2 aromatic heterocycles. The van der Waals surface area contributed by atoms with Crippen molar-refractivity contribution in [1.82, 2.24) is 30.0 Å². The predicted octanol–water partition coefficient (Wildman–Crippen LogP) is 2.45. The Bertz CT molecular complexity index is 863. The molecule has 142 valence electrons. The molecule has 0 amide bonds. The fraction of sp³-hybridized carbons (Fsp3) is 0.350. The summed E-state index contributed by atoms with van der Waals surface area (Å²) in [5.41, 5.74) is 3.35. The molecule has 1 aromatic carbocycles. The van der Waals surface area contributed by atoms with Crippen molar-refractivity contribution >= 4 is 5.96 Å². The summed E-state index contributed by atoms with van der Waals surface area (Å²) < 4.78 is 1.82. The Labute approximate surface area is 160 Å². The van der Waals surface area contributed by atoms with E-state index in [1.807, 2.05) is 55.6 Å². The van der Waals surface area contributed by atoms with Crippen molar-refractivity contribution in [2.45, 2.75) is 19.9 Å². The third-order valence-electron chi connectivity index (χ3n) is 4.22.